The van der Waals surface area contributed by atoms with Crippen molar-refractivity contribution in [2.24, 2.45) is 0 Å². The molecule has 0 amide bonds. The molecule has 0 unspecified atom stereocenters. The summed E-state index contributed by atoms with van der Waals surface area (Å²) in [6.45, 7) is 0.879. The summed E-state index contributed by atoms with van der Waals surface area (Å²) in [7, 11) is 0. The quantitative estimate of drug-likeness (QED) is 0.741. The summed E-state index contributed by atoms with van der Waals surface area (Å²) in [5, 5.41) is 9.40. The van der Waals surface area contributed by atoms with E-state index in [0.29, 0.717) is 18.8 Å². The van der Waals surface area contributed by atoms with Gasteiger partial charge in [0.2, 0.25) is 0 Å². The van der Waals surface area contributed by atoms with Crippen molar-refractivity contribution in [3.63, 3.8) is 0 Å². The van der Waals surface area contributed by atoms with Crippen LogP contribution in [-0.2, 0) is 18.0 Å². The van der Waals surface area contributed by atoms with Crippen molar-refractivity contribution < 1.29 is 14.6 Å². The Morgan fingerprint density at radius 3 is 2.46 bits per heavy atom. The summed E-state index contributed by atoms with van der Waals surface area (Å²) >= 11 is 0. The van der Waals surface area contributed by atoms with Crippen molar-refractivity contribution in [3.8, 4) is 11.1 Å². The number of aromatic carboxylic acids is 1. The van der Waals surface area contributed by atoms with Crippen LogP contribution in [0.15, 0.2) is 73.1 Å². The number of carboxylic acids is 1. The minimum atomic E-state index is -0.934. The zero-order chi connectivity index (χ0) is 16.8. The lowest BCUT2D eigenvalue weighted by atomic mass is 9.97. The predicted molar refractivity (Wildman–Crippen MR) is 91.6 cm³/mol. The number of hydrogen-bond acceptors (Lipinski definition) is 3. The topological polar surface area (TPSA) is 59.4 Å². The Balaban J connectivity index is 1.78. The van der Waals surface area contributed by atoms with Crippen molar-refractivity contribution >= 4 is 5.97 Å². The summed E-state index contributed by atoms with van der Waals surface area (Å²) in [5.74, 6) is -0.934. The van der Waals surface area contributed by atoms with Crippen LogP contribution in [0.5, 0.6) is 0 Å². The van der Waals surface area contributed by atoms with E-state index in [9.17, 15) is 9.90 Å². The van der Waals surface area contributed by atoms with Crippen LogP contribution in [0.4, 0.5) is 0 Å². The summed E-state index contributed by atoms with van der Waals surface area (Å²) < 4.78 is 5.71. The highest BCUT2D eigenvalue weighted by atomic mass is 16.5. The molecule has 4 heteroatoms. The van der Waals surface area contributed by atoms with Crippen LogP contribution >= 0.6 is 0 Å². The van der Waals surface area contributed by atoms with E-state index >= 15 is 0 Å². The number of benzene rings is 2. The van der Waals surface area contributed by atoms with Gasteiger partial charge in [0.05, 0.1) is 18.8 Å². The van der Waals surface area contributed by atoms with Crippen LogP contribution in [0, 0.1) is 0 Å². The maximum Gasteiger partial charge on any atom is 0.336 e. The molecule has 0 radical (unpaired) electrons. The Hall–Kier alpha value is -2.98. The van der Waals surface area contributed by atoms with E-state index in [0.717, 1.165) is 16.7 Å². The van der Waals surface area contributed by atoms with Gasteiger partial charge in [-0.2, -0.15) is 0 Å². The van der Waals surface area contributed by atoms with Crippen LogP contribution in [0.1, 0.15) is 21.5 Å². The van der Waals surface area contributed by atoms with E-state index in [-0.39, 0.29) is 5.56 Å². The molecule has 0 bridgehead atoms. The molecule has 1 N–H and O–H groups in total. The third kappa shape index (κ3) is 3.86. The van der Waals surface area contributed by atoms with Gasteiger partial charge in [0.1, 0.15) is 0 Å². The minimum absolute atomic E-state index is 0.289. The number of hydrogen-bond donors (Lipinski definition) is 1. The van der Waals surface area contributed by atoms with Gasteiger partial charge < -0.3 is 9.84 Å². The first-order valence-electron chi connectivity index (χ1n) is 7.62. The first-order valence-corrected chi connectivity index (χ1v) is 7.62. The van der Waals surface area contributed by atoms with Crippen LogP contribution in [0.25, 0.3) is 11.1 Å². The molecule has 120 valence electrons. The summed E-state index contributed by atoms with van der Waals surface area (Å²) in [6.07, 6.45) is 3.49. The van der Waals surface area contributed by atoms with E-state index < -0.39 is 5.97 Å². The minimum Gasteiger partial charge on any atom is -0.478 e. The molecule has 0 aliphatic rings. The average Bonchev–Trinajstić information content (AvgIpc) is 2.63. The van der Waals surface area contributed by atoms with Crippen molar-refractivity contribution in [1.82, 2.24) is 4.98 Å². The summed E-state index contributed by atoms with van der Waals surface area (Å²) in [5.41, 5.74) is 3.80. The molecular formula is C20H17NO3. The molecule has 0 spiro atoms. The maximum absolute atomic E-state index is 11.5. The average molecular weight is 319 g/mol. The fourth-order valence-corrected chi connectivity index (χ4v) is 2.49. The third-order valence-corrected chi connectivity index (χ3v) is 3.66. The highest BCUT2D eigenvalue weighted by Crippen LogP contribution is 2.25. The predicted octanol–water partition coefficient (Wildman–Crippen LogP) is 4.16. The molecule has 1 heterocycles. The summed E-state index contributed by atoms with van der Waals surface area (Å²) in [4.78, 5) is 15.5. The lowest BCUT2D eigenvalue weighted by Gasteiger charge is -2.10. The zero-order valence-corrected chi connectivity index (χ0v) is 13.1. The van der Waals surface area contributed by atoms with Gasteiger partial charge in [0, 0.05) is 12.4 Å². The Bertz CT molecular complexity index is 817. The fraction of sp³-hybridized carbons (Fsp3) is 0.100. The molecule has 0 aliphatic heterocycles. The highest BCUT2D eigenvalue weighted by molar-refractivity contribution is 5.96. The van der Waals surface area contributed by atoms with Crippen molar-refractivity contribution in [2.45, 2.75) is 13.2 Å². The van der Waals surface area contributed by atoms with Crippen molar-refractivity contribution in [2.75, 3.05) is 0 Å². The lowest BCUT2D eigenvalue weighted by Crippen LogP contribution is -2.02. The molecule has 0 aliphatic carbocycles. The van der Waals surface area contributed by atoms with Crippen molar-refractivity contribution in [3.05, 3.63) is 89.7 Å². The fourth-order valence-electron chi connectivity index (χ4n) is 2.49. The van der Waals surface area contributed by atoms with Gasteiger partial charge in [0.15, 0.2) is 0 Å². The SMILES string of the molecule is O=C(O)c1ccc(COCc2cccnc2)cc1-c1ccccc1. The normalized spacial score (nSPS) is 10.5. The molecule has 0 atom stereocenters. The number of pyridine rings is 1. The van der Waals surface area contributed by atoms with E-state index in [1.807, 2.05) is 48.5 Å². The lowest BCUT2D eigenvalue weighted by molar-refractivity contribution is 0.0697. The second-order valence-corrected chi connectivity index (χ2v) is 5.41. The molecule has 3 rings (SSSR count). The highest BCUT2D eigenvalue weighted by Gasteiger charge is 2.12. The number of aromatic nitrogens is 1. The number of nitrogens with zero attached hydrogens (tertiary/aromatic N) is 1. The Labute approximate surface area is 140 Å². The van der Waals surface area contributed by atoms with Gasteiger partial charge in [-0.25, -0.2) is 4.79 Å². The Morgan fingerprint density at radius 1 is 0.958 bits per heavy atom. The zero-order valence-electron chi connectivity index (χ0n) is 13.1. The number of rotatable bonds is 6. The van der Waals surface area contributed by atoms with Gasteiger partial charge in [-0.05, 0) is 40.5 Å². The first-order chi connectivity index (χ1) is 11.7. The van der Waals surface area contributed by atoms with Crippen molar-refractivity contribution in [1.29, 1.82) is 0 Å². The third-order valence-electron chi connectivity index (χ3n) is 3.66. The number of carboxylic acid groups (broad SMARTS) is 1. The molecule has 1 aromatic heterocycles. The van der Waals surface area contributed by atoms with Gasteiger partial charge >= 0.3 is 5.97 Å². The van der Waals surface area contributed by atoms with Crippen LogP contribution < -0.4 is 0 Å². The van der Waals surface area contributed by atoms with Crippen LogP contribution in [0.2, 0.25) is 0 Å². The van der Waals surface area contributed by atoms with E-state index in [4.69, 9.17) is 4.74 Å². The molecular weight excluding hydrogens is 302 g/mol. The smallest absolute Gasteiger partial charge is 0.336 e. The molecule has 0 saturated heterocycles. The standard InChI is InChI=1S/C20H17NO3/c22-20(23)18-9-8-15(11-19(18)17-6-2-1-3-7-17)13-24-14-16-5-4-10-21-12-16/h1-12H,13-14H2,(H,22,23). The monoisotopic (exact) mass is 319 g/mol. The molecule has 3 aromatic rings. The first kappa shape index (κ1) is 15.9. The molecule has 4 nitrogen and oxygen atoms in total. The van der Waals surface area contributed by atoms with E-state index in [1.54, 1.807) is 24.5 Å². The molecule has 0 fully saturated rings. The number of carbonyl (C=O) groups is 1. The van der Waals surface area contributed by atoms with Gasteiger partial charge in [0.25, 0.3) is 0 Å². The van der Waals surface area contributed by atoms with Gasteiger partial charge in [-0.3, -0.25) is 4.98 Å². The van der Waals surface area contributed by atoms with Crippen LogP contribution in [0.3, 0.4) is 0 Å². The molecule has 24 heavy (non-hydrogen) atoms. The largest absolute Gasteiger partial charge is 0.478 e. The second-order valence-electron chi connectivity index (χ2n) is 5.41. The number of ether oxygens (including phenoxy) is 1. The van der Waals surface area contributed by atoms with Gasteiger partial charge in [-0.1, -0.05) is 42.5 Å². The Morgan fingerprint density at radius 2 is 1.75 bits per heavy atom. The molecule has 2 aromatic carbocycles. The van der Waals surface area contributed by atoms with E-state index in [1.165, 1.54) is 0 Å². The van der Waals surface area contributed by atoms with Gasteiger partial charge in [-0.15, -0.1) is 0 Å². The Kier molecular flexibility index (Phi) is 4.99. The summed E-state index contributed by atoms with van der Waals surface area (Å²) in [6, 6.07) is 18.6. The molecule has 0 saturated carbocycles. The maximum atomic E-state index is 11.5. The second kappa shape index (κ2) is 7.53. The van der Waals surface area contributed by atoms with E-state index in [2.05, 4.69) is 4.98 Å². The van der Waals surface area contributed by atoms with Crippen LogP contribution in [-0.4, -0.2) is 16.1 Å².